The Balaban J connectivity index is 2.78. The summed E-state index contributed by atoms with van der Waals surface area (Å²) < 4.78 is 0. The van der Waals surface area contributed by atoms with E-state index in [4.69, 9.17) is 10.8 Å². The molecule has 1 amide bonds. The molecule has 1 aromatic rings. The first-order chi connectivity index (χ1) is 6.58. The summed E-state index contributed by atoms with van der Waals surface area (Å²) in [5, 5.41) is 8.49. The highest BCUT2D eigenvalue weighted by molar-refractivity contribution is 5.75. The molecular weight excluding hydrogens is 186 g/mol. The standard InChI is InChI=1S/C8H9N3O3/c9-6(12)4-7-10-2-1-5(11-7)3-8(13)14/h1-2H,3-4H2,(H2,9,12)(H,13,14). The van der Waals surface area contributed by atoms with Gasteiger partial charge in [-0.05, 0) is 6.07 Å². The maximum Gasteiger partial charge on any atom is 0.309 e. The summed E-state index contributed by atoms with van der Waals surface area (Å²) in [6.07, 6.45) is 1.14. The molecule has 1 aromatic heterocycles. The van der Waals surface area contributed by atoms with Gasteiger partial charge in [0.2, 0.25) is 5.91 Å². The fourth-order valence-corrected chi connectivity index (χ4v) is 0.936. The van der Waals surface area contributed by atoms with E-state index in [-0.39, 0.29) is 18.7 Å². The molecule has 14 heavy (non-hydrogen) atoms. The van der Waals surface area contributed by atoms with Crippen LogP contribution in [0.3, 0.4) is 0 Å². The number of aromatic nitrogens is 2. The van der Waals surface area contributed by atoms with Crippen molar-refractivity contribution >= 4 is 11.9 Å². The van der Waals surface area contributed by atoms with Gasteiger partial charge in [-0.3, -0.25) is 9.59 Å². The molecule has 1 heterocycles. The van der Waals surface area contributed by atoms with Gasteiger partial charge >= 0.3 is 5.97 Å². The van der Waals surface area contributed by atoms with Gasteiger partial charge in [-0.25, -0.2) is 9.97 Å². The van der Waals surface area contributed by atoms with Crippen molar-refractivity contribution in [1.82, 2.24) is 9.97 Å². The molecule has 0 unspecified atom stereocenters. The number of hydrogen-bond acceptors (Lipinski definition) is 4. The van der Waals surface area contributed by atoms with Crippen LogP contribution in [0.5, 0.6) is 0 Å². The molecule has 0 aliphatic carbocycles. The van der Waals surface area contributed by atoms with Crippen LogP contribution in [0.4, 0.5) is 0 Å². The number of primary amides is 1. The number of amides is 1. The van der Waals surface area contributed by atoms with E-state index in [1.807, 2.05) is 0 Å². The van der Waals surface area contributed by atoms with Crippen molar-refractivity contribution in [1.29, 1.82) is 0 Å². The third-order valence-corrected chi connectivity index (χ3v) is 1.43. The van der Waals surface area contributed by atoms with Crippen LogP contribution >= 0.6 is 0 Å². The average molecular weight is 195 g/mol. The van der Waals surface area contributed by atoms with Crippen LogP contribution in [0, 0.1) is 0 Å². The van der Waals surface area contributed by atoms with E-state index in [0.29, 0.717) is 5.69 Å². The number of carboxylic acids is 1. The number of nitrogens with zero attached hydrogens (tertiary/aromatic N) is 2. The van der Waals surface area contributed by atoms with E-state index in [2.05, 4.69) is 9.97 Å². The molecule has 0 fully saturated rings. The summed E-state index contributed by atoms with van der Waals surface area (Å²) in [4.78, 5) is 28.5. The highest BCUT2D eigenvalue weighted by Gasteiger charge is 2.05. The van der Waals surface area contributed by atoms with E-state index in [9.17, 15) is 9.59 Å². The number of carboxylic acid groups (broad SMARTS) is 1. The van der Waals surface area contributed by atoms with E-state index >= 15 is 0 Å². The average Bonchev–Trinajstić information content (AvgIpc) is 2.01. The van der Waals surface area contributed by atoms with Gasteiger partial charge in [0.1, 0.15) is 5.82 Å². The van der Waals surface area contributed by atoms with Crippen molar-refractivity contribution in [3.63, 3.8) is 0 Å². The van der Waals surface area contributed by atoms with E-state index in [0.717, 1.165) is 0 Å². The molecule has 0 atom stereocenters. The fourth-order valence-electron chi connectivity index (χ4n) is 0.936. The maximum absolute atomic E-state index is 10.5. The lowest BCUT2D eigenvalue weighted by Gasteiger charge is -1.98. The molecule has 74 valence electrons. The zero-order valence-electron chi connectivity index (χ0n) is 7.30. The second-order valence-corrected chi connectivity index (χ2v) is 2.68. The summed E-state index contributed by atoms with van der Waals surface area (Å²) >= 11 is 0. The monoisotopic (exact) mass is 195 g/mol. The zero-order chi connectivity index (χ0) is 10.6. The molecular formula is C8H9N3O3. The molecule has 1 rings (SSSR count). The summed E-state index contributed by atoms with van der Waals surface area (Å²) in [6, 6.07) is 1.48. The normalized spacial score (nSPS) is 9.71. The van der Waals surface area contributed by atoms with Gasteiger partial charge in [0.25, 0.3) is 0 Å². The van der Waals surface area contributed by atoms with Crippen LogP contribution in [0.25, 0.3) is 0 Å². The number of hydrogen-bond donors (Lipinski definition) is 2. The van der Waals surface area contributed by atoms with Crippen molar-refractivity contribution in [2.45, 2.75) is 12.8 Å². The first-order valence-electron chi connectivity index (χ1n) is 3.89. The van der Waals surface area contributed by atoms with Gasteiger partial charge in [0.05, 0.1) is 18.5 Å². The van der Waals surface area contributed by atoms with Crippen LogP contribution < -0.4 is 5.73 Å². The van der Waals surface area contributed by atoms with E-state index < -0.39 is 11.9 Å². The highest BCUT2D eigenvalue weighted by Crippen LogP contribution is 1.97. The molecule has 0 aliphatic rings. The van der Waals surface area contributed by atoms with Crippen molar-refractivity contribution in [2.24, 2.45) is 5.73 Å². The predicted molar refractivity (Wildman–Crippen MR) is 46.3 cm³/mol. The Morgan fingerprint density at radius 2 is 2.14 bits per heavy atom. The molecule has 0 bridgehead atoms. The minimum atomic E-state index is -0.978. The number of aliphatic carboxylic acids is 1. The quantitative estimate of drug-likeness (QED) is 0.649. The number of rotatable bonds is 4. The molecule has 6 nitrogen and oxygen atoms in total. The fraction of sp³-hybridized carbons (Fsp3) is 0.250. The molecule has 0 aliphatic heterocycles. The topological polar surface area (TPSA) is 106 Å². The summed E-state index contributed by atoms with van der Waals surface area (Å²) in [5.41, 5.74) is 5.31. The highest BCUT2D eigenvalue weighted by atomic mass is 16.4. The Bertz CT molecular complexity index is 333. The van der Waals surface area contributed by atoms with Crippen LogP contribution in [0.1, 0.15) is 11.5 Å². The minimum absolute atomic E-state index is 0.0759. The third kappa shape index (κ3) is 3.18. The van der Waals surface area contributed by atoms with Gasteiger partial charge < -0.3 is 10.8 Å². The van der Waals surface area contributed by atoms with Gasteiger partial charge in [-0.1, -0.05) is 0 Å². The summed E-state index contributed by atoms with van der Waals surface area (Å²) in [6.45, 7) is 0. The Morgan fingerprint density at radius 3 is 2.71 bits per heavy atom. The number of carbonyl (C=O) groups excluding carboxylic acids is 1. The first kappa shape index (κ1) is 10.1. The van der Waals surface area contributed by atoms with Crippen molar-refractivity contribution in [3.8, 4) is 0 Å². The van der Waals surface area contributed by atoms with Gasteiger partial charge in [-0.2, -0.15) is 0 Å². The van der Waals surface area contributed by atoms with E-state index in [1.54, 1.807) is 0 Å². The molecule has 0 saturated carbocycles. The van der Waals surface area contributed by atoms with Crippen LogP contribution in [0.2, 0.25) is 0 Å². The van der Waals surface area contributed by atoms with Crippen molar-refractivity contribution in [2.75, 3.05) is 0 Å². The lowest BCUT2D eigenvalue weighted by Crippen LogP contribution is -2.16. The Morgan fingerprint density at radius 1 is 1.43 bits per heavy atom. The SMILES string of the molecule is NC(=O)Cc1nccc(CC(=O)O)n1. The minimum Gasteiger partial charge on any atom is -0.481 e. The van der Waals surface area contributed by atoms with Crippen LogP contribution in [-0.2, 0) is 22.4 Å². The second-order valence-electron chi connectivity index (χ2n) is 2.68. The molecule has 6 heteroatoms. The lowest BCUT2D eigenvalue weighted by molar-refractivity contribution is -0.136. The molecule has 0 radical (unpaired) electrons. The van der Waals surface area contributed by atoms with Crippen LogP contribution in [0.15, 0.2) is 12.3 Å². The molecule has 3 N–H and O–H groups in total. The molecule has 0 saturated heterocycles. The Kier molecular flexibility index (Phi) is 3.11. The Labute approximate surface area is 79.8 Å². The van der Waals surface area contributed by atoms with Gasteiger partial charge in [0, 0.05) is 6.20 Å². The van der Waals surface area contributed by atoms with Crippen molar-refractivity contribution in [3.05, 3.63) is 23.8 Å². The lowest BCUT2D eigenvalue weighted by atomic mass is 10.3. The molecule has 0 spiro atoms. The largest absolute Gasteiger partial charge is 0.481 e. The first-order valence-corrected chi connectivity index (χ1v) is 3.89. The maximum atomic E-state index is 10.5. The van der Waals surface area contributed by atoms with E-state index in [1.165, 1.54) is 12.3 Å². The summed E-state index contributed by atoms with van der Waals surface area (Å²) in [7, 11) is 0. The second kappa shape index (κ2) is 4.31. The zero-order valence-corrected chi connectivity index (χ0v) is 7.30. The van der Waals surface area contributed by atoms with Crippen molar-refractivity contribution < 1.29 is 14.7 Å². The van der Waals surface area contributed by atoms with Crippen LogP contribution in [-0.4, -0.2) is 27.0 Å². The summed E-state index contributed by atoms with van der Waals surface area (Å²) in [5.74, 6) is -1.28. The number of carbonyl (C=O) groups is 2. The smallest absolute Gasteiger partial charge is 0.309 e. The Hall–Kier alpha value is -1.98. The predicted octanol–water partition coefficient (Wildman–Crippen LogP) is -0.869. The van der Waals surface area contributed by atoms with Gasteiger partial charge in [-0.15, -0.1) is 0 Å². The third-order valence-electron chi connectivity index (χ3n) is 1.43. The van der Waals surface area contributed by atoms with Gasteiger partial charge in [0.15, 0.2) is 0 Å². The number of nitrogens with two attached hydrogens (primary N) is 1. The molecule has 0 aromatic carbocycles.